The van der Waals surface area contributed by atoms with Crippen molar-refractivity contribution < 1.29 is 0 Å². The second-order valence-corrected chi connectivity index (χ2v) is 5.72. The summed E-state index contributed by atoms with van der Waals surface area (Å²) in [5.41, 5.74) is 4.24. The minimum Gasteiger partial charge on any atom is -0.310 e. The van der Waals surface area contributed by atoms with E-state index in [1.807, 2.05) is 0 Å². The zero-order chi connectivity index (χ0) is 13.5. The Morgan fingerprint density at radius 2 is 1.84 bits per heavy atom. The number of hydrogen-bond acceptors (Lipinski definition) is 2. The summed E-state index contributed by atoms with van der Waals surface area (Å²) >= 11 is 1.78. The van der Waals surface area contributed by atoms with E-state index >= 15 is 0 Å². The van der Waals surface area contributed by atoms with Crippen LogP contribution in [0.25, 0.3) is 0 Å². The molecule has 2 rings (SSSR count). The highest BCUT2D eigenvalue weighted by molar-refractivity contribution is 7.07. The Morgan fingerprint density at radius 1 is 1.05 bits per heavy atom. The molecule has 0 saturated carbocycles. The average molecular weight is 273 g/mol. The Balaban J connectivity index is 2.10. The lowest BCUT2D eigenvalue weighted by Gasteiger charge is -2.19. The van der Waals surface area contributed by atoms with Crippen molar-refractivity contribution in [3.63, 3.8) is 0 Å². The van der Waals surface area contributed by atoms with Crippen LogP contribution in [-0.4, -0.2) is 6.54 Å². The molecular weight excluding hydrogens is 250 g/mol. The molecule has 0 saturated heterocycles. The first-order valence-corrected chi connectivity index (χ1v) is 8.11. The maximum Gasteiger partial charge on any atom is 0.0361 e. The van der Waals surface area contributed by atoms with Gasteiger partial charge in [0.25, 0.3) is 0 Å². The van der Waals surface area contributed by atoms with Gasteiger partial charge in [-0.1, -0.05) is 38.1 Å². The van der Waals surface area contributed by atoms with Crippen LogP contribution in [0.4, 0.5) is 0 Å². The second kappa shape index (κ2) is 7.46. The molecular formula is C17H23NS. The van der Waals surface area contributed by atoms with Crippen molar-refractivity contribution in [3.8, 4) is 0 Å². The van der Waals surface area contributed by atoms with Gasteiger partial charge in [-0.05, 0) is 59.3 Å². The van der Waals surface area contributed by atoms with Gasteiger partial charge in [0.15, 0.2) is 0 Å². The molecule has 1 N–H and O–H groups in total. The van der Waals surface area contributed by atoms with Crippen LogP contribution in [0.2, 0.25) is 0 Å². The number of hydrogen-bond donors (Lipinski definition) is 1. The molecule has 2 heteroatoms. The maximum absolute atomic E-state index is 3.67. The lowest BCUT2D eigenvalue weighted by atomic mass is 9.98. The first-order chi connectivity index (χ1) is 9.33. The average Bonchev–Trinajstić information content (AvgIpc) is 2.96. The zero-order valence-corrected chi connectivity index (χ0v) is 12.7. The first kappa shape index (κ1) is 14.3. The third kappa shape index (κ3) is 4.19. The van der Waals surface area contributed by atoms with Crippen molar-refractivity contribution in [1.29, 1.82) is 0 Å². The van der Waals surface area contributed by atoms with E-state index in [2.05, 4.69) is 60.3 Å². The van der Waals surface area contributed by atoms with Crippen LogP contribution in [0.1, 0.15) is 43.0 Å². The van der Waals surface area contributed by atoms with Crippen LogP contribution in [0, 0.1) is 0 Å². The molecule has 0 bridgehead atoms. The molecule has 0 amide bonds. The van der Waals surface area contributed by atoms with Crippen molar-refractivity contribution >= 4 is 11.3 Å². The van der Waals surface area contributed by atoms with E-state index in [9.17, 15) is 0 Å². The monoisotopic (exact) mass is 273 g/mol. The number of rotatable bonds is 7. The molecule has 0 aliphatic rings. The summed E-state index contributed by atoms with van der Waals surface area (Å²) in [6.45, 7) is 5.49. The number of benzene rings is 1. The second-order valence-electron chi connectivity index (χ2n) is 4.94. The standard InChI is InChI=1S/C17H23NS/c1-3-10-18-17(12-15-9-11-19-13-15)16-7-5-14(4-2)6-8-16/h5-9,11,13,17-18H,3-4,10,12H2,1-2H3. The molecule has 1 unspecified atom stereocenters. The molecule has 19 heavy (non-hydrogen) atoms. The fourth-order valence-corrected chi connectivity index (χ4v) is 2.94. The topological polar surface area (TPSA) is 12.0 Å². The van der Waals surface area contributed by atoms with Gasteiger partial charge in [0.2, 0.25) is 0 Å². The van der Waals surface area contributed by atoms with Crippen molar-refractivity contribution in [2.75, 3.05) is 6.54 Å². The van der Waals surface area contributed by atoms with Crippen molar-refractivity contribution in [2.45, 2.75) is 39.2 Å². The molecule has 0 aliphatic heterocycles. The van der Waals surface area contributed by atoms with Crippen molar-refractivity contribution in [1.82, 2.24) is 5.32 Å². The molecule has 0 spiro atoms. The van der Waals surface area contributed by atoms with Gasteiger partial charge < -0.3 is 5.32 Å². The quantitative estimate of drug-likeness (QED) is 0.777. The Kier molecular flexibility index (Phi) is 5.62. The third-order valence-electron chi connectivity index (χ3n) is 3.45. The van der Waals surface area contributed by atoms with Gasteiger partial charge in [-0.25, -0.2) is 0 Å². The first-order valence-electron chi connectivity index (χ1n) is 7.16. The Labute approximate surface area is 120 Å². The van der Waals surface area contributed by atoms with Gasteiger partial charge in [0, 0.05) is 6.04 Å². The van der Waals surface area contributed by atoms with Gasteiger partial charge >= 0.3 is 0 Å². The minimum absolute atomic E-state index is 0.431. The Hall–Kier alpha value is -1.12. The predicted molar refractivity (Wildman–Crippen MR) is 84.9 cm³/mol. The summed E-state index contributed by atoms with van der Waals surface area (Å²) in [5, 5.41) is 8.08. The molecule has 1 heterocycles. The molecule has 1 nitrogen and oxygen atoms in total. The molecule has 0 aliphatic carbocycles. The third-order valence-corrected chi connectivity index (χ3v) is 4.18. The summed E-state index contributed by atoms with van der Waals surface area (Å²) in [6, 6.07) is 11.7. The molecule has 2 aromatic rings. The number of thiophene rings is 1. The molecule has 1 atom stereocenters. The van der Waals surface area contributed by atoms with E-state index in [0.29, 0.717) is 6.04 Å². The summed E-state index contributed by atoms with van der Waals surface area (Å²) < 4.78 is 0. The SMILES string of the molecule is CCCNC(Cc1ccsc1)c1ccc(CC)cc1. The van der Waals surface area contributed by atoms with E-state index < -0.39 is 0 Å². The van der Waals surface area contributed by atoms with Gasteiger partial charge in [0.1, 0.15) is 0 Å². The van der Waals surface area contributed by atoms with Crippen LogP contribution >= 0.6 is 11.3 Å². The summed E-state index contributed by atoms with van der Waals surface area (Å²) in [4.78, 5) is 0. The largest absolute Gasteiger partial charge is 0.310 e. The normalized spacial score (nSPS) is 12.5. The minimum atomic E-state index is 0.431. The van der Waals surface area contributed by atoms with Crippen LogP contribution in [-0.2, 0) is 12.8 Å². The highest BCUT2D eigenvalue weighted by atomic mass is 32.1. The van der Waals surface area contributed by atoms with Gasteiger partial charge in [0.05, 0.1) is 0 Å². The fraction of sp³-hybridized carbons (Fsp3) is 0.412. The van der Waals surface area contributed by atoms with E-state index in [-0.39, 0.29) is 0 Å². The zero-order valence-electron chi connectivity index (χ0n) is 11.9. The molecule has 0 fully saturated rings. The maximum atomic E-state index is 3.67. The summed E-state index contributed by atoms with van der Waals surface area (Å²) in [7, 11) is 0. The van der Waals surface area contributed by atoms with Gasteiger partial charge in [-0.3, -0.25) is 0 Å². The van der Waals surface area contributed by atoms with Gasteiger partial charge in [-0.15, -0.1) is 0 Å². The molecule has 102 valence electrons. The predicted octanol–water partition coefficient (Wildman–Crippen LogP) is 4.59. The Morgan fingerprint density at radius 3 is 2.42 bits per heavy atom. The lowest BCUT2D eigenvalue weighted by Crippen LogP contribution is -2.23. The number of nitrogens with one attached hydrogen (secondary N) is 1. The molecule has 0 radical (unpaired) electrons. The van der Waals surface area contributed by atoms with E-state index in [1.165, 1.54) is 23.1 Å². The Bertz CT molecular complexity index is 459. The van der Waals surface area contributed by atoms with E-state index in [4.69, 9.17) is 0 Å². The van der Waals surface area contributed by atoms with E-state index in [1.54, 1.807) is 11.3 Å². The number of aryl methyl sites for hydroxylation is 1. The summed E-state index contributed by atoms with van der Waals surface area (Å²) in [6.07, 6.45) is 3.36. The molecule has 1 aromatic carbocycles. The highest BCUT2D eigenvalue weighted by Crippen LogP contribution is 2.20. The van der Waals surface area contributed by atoms with Gasteiger partial charge in [-0.2, -0.15) is 11.3 Å². The fourth-order valence-electron chi connectivity index (χ4n) is 2.26. The van der Waals surface area contributed by atoms with E-state index in [0.717, 1.165) is 19.4 Å². The summed E-state index contributed by atoms with van der Waals surface area (Å²) in [5.74, 6) is 0. The molecule has 1 aromatic heterocycles. The van der Waals surface area contributed by atoms with Crippen molar-refractivity contribution in [3.05, 3.63) is 57.8 Å². The van der Waals surface area contributed by atoms with Crippen LogP contribution in [0.3, 0.4) is 0 Å². The van der Waals surface area contributed by atoms with Crippen LogP contribution < -0.4 is 5.32 Å². The smallest absolute Gasteiger partial charge is 0.0361 e. The van der Waals surface area contributed by atoms with Crippen LogP contribution in [0.15, 0.2) is 41.1 Å². The van der Waals surface area contributed by atoms with Crippen LogP contribution in [0.5, 0.6) is 0 Å². The lowest BCUT2D eigenvalue weighted by molar-refractivity contribution is 0.529. The van der Waals surface area contributed by atoms with Crippen molar-refractivity contribution in [2.24, 2.45) is 0 Å². The highest BCUT2D eigenvalue weighted by Gasteiger charge is 2.11.